The third-order valence-corrected chi connectivity index (χ3v) is 2.76. The molecule has 0 spiro atoms. The zero-order chi connectivity index (χ0) is 9.97. The van der Waals surface area contributed by atoms with Gasteiger partial charge >= 0.3 is 0 Å². The Bertz CT molecular complexity index is 390. The van der Waals surface area contributed by atoms with E-state index in [1.54, 1.807) is 11.3 Å². The largest absolute Gasteiger partial charge is 0.257 e. The predicted molar refractivity (Wildman–Crippen MR) is 59.4 cm³/mol. The fourth-order valence-corrected chi connectivity index (χ4v) is 1.85. The molecule has 2 aromatic rings. The second kappa shape index (κ2) is 3.88. The Morgan fingerprint density at radius 3 is 2.57 bits per heavy atom. The Hall–Kier alpha value is -1.22. The number of hydrogen-bond donors (Lipinski definition) is 0. The van der Waals surface area contributed by atoms with E-state index in [4.69, 9.17) is 0 Å². The third-order valence-electron chi connectivity index (χ3n) is 2.08. The molecule has 2 rings (SSSR count). The van der Waals surface area contributed by atoms with E-state index in [1.807, 2.05) is 17.8 Å². The summed E-state index contributed by atoms with van der Waals surface area (Å²) in [5.41, 5.74) is 3.15. The van der Waals surface area contributed by atoms with Crippen LogP contribution in [0.3, 0.4) is 0 Å². The van der Waals surface area contributed by atoms with Crippen LogP contribution in [0.15, 0.2) is 29.2 Å². The van der Waals surface area contributed by atoms with Crippen LogP contribution in [0.1, 0.15) is 25.5 Å². The topological polar surface area (TPSA) is 25.8 Å². The zero-order valence-corrected chi connectivity index (χ0v) is 9.08. The molecule has 2 heterocycles. The minimum Gasteiger partial charge on any atom is -0.257 e. The molecule has 0 fully saturated rings. The monoisotopic (exact) mass is 204 g/mol. The van der Waals surface area contributed by atoms with Crippen LogP contribution in [0.25, 0.3) is 11.3 Å². The standard InChI is InChI=1S/C11H12N2S/c1-8(2)10-5-13-11(6-12-10)9-3-4-14-7-9/h3-8H,1-2H3. The molecule has 0 aromatic carbocycles. The minimum atomic E-state index is 0.444. The van der Waals surface area contributed by atoms with Gasteiger partial charge in [0, 0.05) is 17.1 Å². The molecule has 0 bridgehead atoms. The lowest BCUT2D eigenvalue weighted by Crippen LogP contribution is -1.94. The van der Waals surface area contributed by atoms with Crippen LogP contribution in [-0.4, -0.2) is 9.97 Å². The summed E-state index contributed by atoms with van der Waals surface area (Å²) < 4.78 is 0. The summed E-state index contributed by atoms with van der Waals surface area (Å²) in [6, 6.07) is 2.06. The summed E-state index contributed by atoms with van der Waals surface area (Å²) >= 11 is 1.68. The molecular weight excluding hydrogens is 192 g/mol. The van der Waals surface area contributed by atoms with Crippen molar-refractivity contribution in [1.29, 1.82) is 0 Å². The first-order chi connectivity index (χ1) is 6.77. The van der Waals surface area contributed by atoms with Gasteiger partial charge in [0.1, 0.15) is 0 Å². The molecule has 0 unspecified atom stereocenters. The second-order valence-corrected chi connectivity index (χ2v) is 4.27. The molecule has 0 saturated carbocycles. The van der Waals surface area contributed by atoms with Crippen LogP contribution >= 0.6 is 11.3 Å². The molecule has 0 aliphatic carbocycles. The van der Waals surface area contributed by atoms with Crippen molar-refractivity contribution < 1.29 is 0 Å². The lowest BCUT2D eigenvalue weighted by atomic mass is 10.1. The van der Waals surface area contributed by atoms with Gasteiger partial charge < -0.3 is 0 Å². The van der Waals surface area contributed by atoms with Gasteiger partial charge in [0.05, 0.1) is 17.6 Å². The zero-order valence-electron chi connectivity index (χ0n) is 8.27. The molecule has 2 aromatic heterocycles. The SMILES string of the molecule is CC(C)c1cnc(-c2ccsc2)cn1. The quantitative estimate of drug-likeness (QED) is 0.750. The van der Waals surface area contributed by atoms with E-state index in [1.165, 1.54) is 0 Å². The Kier molecular flexibility index (Phi) is 2.59. The first-order valence-electron chi connectivity index (χ1n) is 4.62. The van der Waals surface area contributed by atoms with E-state index in [0.717, 1.165) is 17.0 Å². The Morgan fingerprint density at radius 1 is 1.21 bits per heavy atom. The molecule has 0 radical (unpaired) electrons. The molecule has 0 aliphatic rings. The average molecular weight is 204 g/mol. The van der Waals surface area contributed by atoms with Gasteiger partial charge in [0.15, 0.2) is 0 Å². The van der Waals surface area contributed by atoms with E-state index in [0.29, 0.717) is 5.92 Å². The lowest BCUT2D eigenvalue weighted by Gasteiger charge is -2.03. The van der Waals surface area contributed by atoms with Crippen molar-refractivity contribution in [2.75, 3.05) is 0 Å². The number of nitrogens with zero attached hydrogens (tertiary/aromatic N) is 2. The molecule has 0 aliphatic heterocycles. The second-order valence-electron chi connectivity index (χ2n) is 3.49. The van der Waals surface area contributed by atoms with Crippen LogP contribution in [-0.2, 0) is 0 Å². The lowest BCUT2D eigenvalue weighted by molar-refractivity contribution is 0.813. The van der Waals surface area contributed by atoms with Crippen LogP contribution < -0.4 is 0 Å². The van der Waals surface area contributed by atoms with Gasteiger partial charge in [-0.2, -0.15) is 11.3 Å². The molecule has 2 nitrogen and oxygen atoms in total. The highest BCUT2D eigenvalue weighted by atomic mass is 32.1. The van der Waals surface area contributed by atoms with Gasteiger partial charge in [0.2, 0.25) is 0 Å². The van der Waals surface area contributed by atoms with E-state index in [2.05, 4.69) is 35.3 Å². The highest BCUT2D eigenvalue weighted by Gasteiger charge is 2.03. The molecule has 72 valence electrons. The summed E-state index contributed by atoms with van der Waals surface area (Å²) in [7, 11) is 0. The number of aromatic nitrogens is 2. The van der Waals surface area contributed by atoms with Crippen molar-refractivity contribution in [3.8, 4) is 11.3 Å². The Labute approximate surface area is 87.7 Å². The first kappa shape index (κ1) is 9.34. The van der Waals surface area contributed by atoms with E-state index < -0.39 is 0 Å². The summed E-state index contributed by atoms with van der Waals surface area (Å²) in [5.74, 6) is 0.444. The summed E-state index contributed by atoms with van der Waals surface area (Å²) in [6.07, 6.45) is 3.70. The Balaban J connectivity index is 2.31. The van der Waals surface area contributed by atoms with Crippen molar-refractivity contribution in [2.45, 2.75) is 19.8 Å². The van der Waals surface area contributed by atoms with Gasteiger partial charge in [-0.05, 0) is 17.4 Å². The van der Waals surface area contributed by atoms with Crippen LogP contribution in [0.4, 0.5) is 0 Å². The van der Waals surface area contributed by atoms with Crippen molar-refractivity contribution in [3.63, 3.8) is 0 Å². The van der Waals surface area contributed by atoms with Crippen molar-refractivity contribution in [3.05, 3.63) is 34.9 Å². The fraction of sp³-hybridized carbons (Fsp3) is 0.273. The van der Waals surface area contributed by atoms with Crippen molar-refractivity contribution in [2.24, 2.45) is 0 Å². The smallest absolute Gasteiger partial charge is 0.0893 e. The maximum atomic E-state index is 4.39. The molecule has 0 atom stereocenters. The molecule has 3 heteroatoms. The maximum Gasteiger partial charge on any atom is 0.0893 e. The van der Waals surface area contributed by atoms with Crippen LogP contribution in [0.2, 0.25) is 0 Å². The van der Waals surface area contributed by atoms with Gasteiger partial charge in [-0.3, -0.25) is 9.97 Å². The summed E-state index contributed by atoms with van der Waals surface area (Å²) in [4.78, 5) is 8.76. The van der Waals surface area contributed by atoms with Crippen LogP contribution in [0, 0.1) is 0 Å². The fourth-order valence-electron chi connectivity index (χ4n) is 1.20. The normalized spacial score (nSPS) is 10.8. The number of thiophene rings is 1. The third kappa shape index (κ3) is 1.82. The van der Waals surface area contributed by atoms with Gasteiger partial charge in [0.25, 0.3) is 0 Å². The van der Waals surface area contributed by atoms with E-state index in [-0.39, 0.29) is 0 Å². The first-order valence-corrected chi connectivity index (χ1v) is 5.56. The Morgan fingerprint density at radius 2 is 2.07 bits per heavy atom. The molecule has 0 N–H and O–H groups in total. The molecular formula is C11H12N2S. The highest BCUT2D eigenvalue weighted by Crippen LogP contribution is 2.19. The van der Waals surface area contributed by atoms with Crippen LogP contribution in [0.5, 0.6) is 0 Å². The average Bonchev–Trinajstić information content (AvgIpc) is 2.71. The number of rotatable bonds is 2. The molecule has 0 saturated heterocycles. The van der Waals surface area contributed by atoms with Gasteiger partial charge in [-0.1, -0.05) is 13.8 Å². The summed E-state index contributed by atoms with van der Waals surface area (Å²) in [5, 5.41) is 4.13. The molecule has 0 amide bonds. The minimum absolute atomic E-state index is 0.444. The number of hydrogen-bond acceptors (Lipinski definition) is 3. The van der Waals surface area contributed by atoms with Gasteiger partial charge in [-0.15, -0.1) is 0 Å². The maximum absolute atomic E-state index is 4.39. The predicted octanol–water partition coefficient (Wildman–Crippen LogP) is 3.33. The van der Waals surface area contributed by atoms with E-state index in [9.17, 15) is 0 Å². The van der Waals surface area contributed by atoms with Crippen molar-refractivity contribution >= 4 is 11.3 Å². The van der Waals surface area contributed by atoms with Crippen molar-refractivity contribution in [1.82, 2.24) is 9.97 Å². The molecule has 14 heavy (non-hydrogen) atoms. The highest BCUT2D eigenvalue weighted by molar-refractivity contribution is 7.08. The van der Waals surface area contributed by atoms with E-state index >= 15 is 0 Å². The van der Waals surface area contributed by atoms with Gasteiger partial charge in [-0.25, -0.2) is 0 Å². The summed E-state index contributed by atoms with van der Waals surface area (Å²) in [6.45, 7) is 4.24.